The van der Waals surface area contributed by atoms with Gasteiger partial charge in [-0.3, -0.25) is 0 Å². The highest BCUT2D eigenvalue weighted by atomic mass is 32.2. The number of quaternary nitrogens is 1. The summed E-state index contributed by atoms with van der Waals surface area (Å²) < 4.78 is 0. The minimum Gasteiger partial charge on any atom is -0.334 e. The van der Waals surface area contributed by atoms with E-state index < -0.39 is 0 Å². The molecular weight excluding hydrogens is 230 g/mol. The molecule has 17 heavy (non-hydrogen) atoms. The molecule has 1 saturated heterocycles. The predicted octanol–water partition coefficient (Wildman–Crippen LogP) is 1.25. The van der Waals surface area contributed by atoms with Gasteiger partial charge < -0.3 is 4.90 Å². The third kappa shape index (κ3) is 4.28. The van der Waals surface area contributed by atoms with Crippen LogP contribution in [0.2, 0.25) is 0 Å². The molecule has 1 aromatic rings. The van der Waals surface area contributed by atoms with Gasteiger partial charge in [-0.05, 0) is 39.2 Å². The van der Waals surface area contributed by atoms with E-state index in [0.717, 1.165) is 22.3 Å². The lowest BCUT2D eigenvalue weighted by Crippen LogP contribution is -3.13. The lowest BCUT2D eigenvalue weighted by atomic mass is 10.1. The second kappa shape index (κ2) is 6.36. The molecule has 2 heterocycles. The van der Waals surface area contributed by atoms with Crippen molar-refractivity contribution in [3.63, 3.8) is 0 Å². The van der Waals surface area contributed by atoms with Crippen LogP contribution in [0.1, 0.15) is 30.7 Å². The summed E-state index contributed by atoms with van der Waals surface area (Å²) in [7, 11) is 0. The smallest absolute Gasteiger partial charge is 0.188 e. The van der Waals surface area contributed by atoms with Gasteiger partial charge in [-0.25, -0.2) is 9.97 Å². The molecule has 0 saturated carbocycles. The van der Waals surface area contributed by atoms with E-state index in [1.165, 1.54) is 38.9 Å². The summed E-state index contributed by atoms with van der Waals surface area (Å²) in [6.45, 7) is 8.03. The highest BCUT2D eigenvalue weighted by Crippen LogP contribution is 2.12. The number of hydrogen-bond acceptors (Lipinski definition) is 3. The molecular formula is C13H22N3S+. The number of nitrogens with one attached hydrogen (secondary N) is 1. The van der Waals surface area contributed by atoms with Gasteiger partial charge in [0.1, 0.15) is 0 Å². The summed E-state index contributed by atoms with van der Waals surface area (Å²) in [5.41, 5.74) is 2.15. The SMILES string of the molecule is Cc1cc(C)nc(SCC[NH+]2CCCCC2)n1. The lowest BCUT2D eigenvalue weighted by Gasteiger charge is -2.23. The summed E-state index contributed by atoms with van der Waals surface area (Å²) in [5.74, 6) is 1.14. The van der Waals surface area contributed by atoms with Crippen LogP contribution in [0.3, 0.4) is 0 Å². The highest BCUT2D eigenvalue weighted by Gasteiger charge is 2.13. The maximum atomic E-state index is 4.46. The van der Waals surface area contributed by atoms with Gasteiger partial charge in [-0.15, -0.1) is 0 Å². The number of aromatic nitrogens is 2. The Morgan fingerprint density at radius 1 is 1.12 bits per heavy atom. The first-order valence-electron chi connectivity index (χ1n) is 6.53. The van der Waals surface area contributed by atoms with E-state index in [-0.39, 0.29) is 0 Å². The Labute approximate surface area is 108 Å². The second-order valence-electron chi connectivity index (χ2n) is 4.84. The summed E-state index contributed by atoms with van der Waals surface area (Å²) in [6, 6.07) is 2.03. The molecule has 1 N–H and O–H groups in total. The van der Waals surface area contributed by atoms with Crippen molar-refractivity contribution < 1.29 is 4.90 Å². The van der Waals surface area contributed by atoms with Crippen LogP contribution in [0.5, 0.6) is 0 Å². The number of likely N-dealkylation sites (tertiary alicyclic amines) is 1. The van der Waals surface area contributed by atoms with E-state index >= 15 is 0 Å². The largest absolute Gasteiger partial charge is 0.334 e. The van der Waals surface area contributed by atoms with Crippen LogP contribution in [0, 0.1) is 13.8 Å². The second-order valence-corrected chi connectivity index (χ2v) is 5.90. The highest BCUT2D eigenvalue weighted by molar-refractivity contribution is 7.99. The van der Waals surface area contributed by atoms with Crippen LogP contribution in [0.15, 0.2) is 11.2 Å². The summed E-state index contributed by atoms with van der Waals surface area (Å²) in [4.78, 5) is 10.7. The fourth-order valence-electron chi connectivity index (χ4n) is 2.35. The lowest BCUT2D eigenvalue weighted by molar-refractivity contribution is -0.902. The minimum atomic E-state index is 0.943. The first kappa shape index (κ1) is 12.8. The van der Waals surface area contributed by atoms with E-state index in [0.29, 0.717) is 0 Å². The van der Waals surface area contributed by atoms with Gasteiger partial charge in [0, 0.05) is 11.4 Å². The van der Waals surface area contributed by atoms with Crippen molar-refractivity contribution >= 4 is 11.8 Å². The van der Waals surface area contributed by atoms with Crippen molar-refractivity contribution in [2.75, 3.05) is 25.4 Å². The fraction of sp³-hybridized carbons (Fsp3) is 0.692. The molecule has 2 rings (SSSR count). The first-order chi connectivity index (χ1) is 8.24. The number of nitrogens with zero attached hydrogens (tertiary/aromatic N) is 2. The van der Waals surface area contributed by atoms with Crippen LogP contribution >= 0.6 is 11.8 Å². The zero-order valence-corrected chi connectivity index (χ0v) is 11.6. The molecule has 3 nitrogen and oxygen atoms in total. The average Bonchev–Trinajstić information content (AvgIpc) is 2.29. The van der Waals surface area contributed by atoms with E-state index in [1.807, 2.05) is 19.9 Å². The summed E-state index contributed by atoms with van der Waals surface area (Å²) in [5, 5.41) is 0.943. The Morgan fingerprint density at radius 3 is 2.41 bits per heavy atom. The molecule has 4 heteroatoms. The van der Waals surface area contributed by atoms with Gasteiger partial charge in [0.15, 0.2) is 5.16 Å². The van der Waals surface area contributed by atoms with Crippen LogP contribution in [-0.4, -0.2) is 35.4 Å². The molecule has 1 aromatic heterocycles. The first-order valence-corrected chi connectivity index (χ1v) is 7.51. The molecule has 0 atom stereocenters. The molecule has 0 unspecified atom stereocenters. The Balaban J connectivity index is 1.77. The molecule has 0 radical (unpaired) electrons. The van der Waals surface area contributed by atoms with Gasteiger partial charge in [0.05, 0.1) is 25.4 Å². The van der Waals surface area contributed by atoms with E-state index in [2.05, 4.69) is 9.97 Å². The number of hydrogen-bond donors (Lipinski definition) is 1. The van der Waals surface area contributed by atoms with E-state index in [4.69, 9.17) is 0 Å². The molecule has 0 bridgehead atoms. The summed E-state index contributed by atoms with van der Waals surface area (Å²) >= 11 is 1.80. The number of thioether (sulfide) groups is 1. The third-order valence-corrected chi connectivity index (χ3v) is 4.06. The summed E-state index contributed by atoms with van der Waals surface area (Å²) in [6.07, 6.45) is 4.23. The molecule has 1 aliphatic heterocycles. The van der Waals surface area contributed by atoms with Crippen molar-refractivity contribution in [3.05, 3.63) is 17.5 Å². The quantitative estimate of drug-likeness (QED) is 0.646. The van der Waals surface area contributed by atoms with Crippen molar-refractivity contribution in [2.45, 2.75) is 38.3 Å². The topological polar surface area (TPSA) is 30.2 Å². The predicted molar refractivity (Wildman–Crippen MR) is 71.6 cm³/mol. The Hall–Kier alpha value is -0.610. The maximum absolute atomic E-state index is 4.46. The van der Waals surface area contributed by atoms with E-state index in [1.54, 1.807) is 16.7 Å². The van der Waals surface area contributed by atoms with Gasteiger partial charge in [-0.1, -0.05) is 11.8 Å². The van der Waals surface area contributed by atoms with Gasteiger partial charge in [0.25, 0.3) is 0 Å². The van der Waals surface area contributed by atoms with Gasteiger partial charge in [0.2, 0.25) is 0 Å². The van der Waals surface area contributed by atoms with Crippen molar-refractivity contribution in [1.82, 2.24) is 9.97 Å². The number of piperidine rings is 1. The number of rotatable bonds is 4. The Kier molecular flexibility index (Phi) is 4.80. The molecule has 1 fully saturated rings. The minimum absolute atomic E-state index is 0.943. The van der Waals surface area contributed by atoms with Crippen LogP contribution in [0.4, 0.5) is 0 Å². The van der Waals surface area contributed by atoms with Crippen molar-refractivity contribution in [3.8, 4) is 0 Å². The fourth-order valence-corrected chi connectivity index (χ4v) is 3.34. The van der Waals surface area contributed by atoms with Crippen LogP contribution in [0.25, 0.3) is 0 Å². The van der Waals surface area contributed by atoms with E-state index in [9.17, 15) is 0 Å². The molecule has 0 aromatic carbocycles. The zero-order chi connectivity index (χ0) is 12.1. The third-order valence-electron chi connectivity index (χ3n) is 3.21. The molecule has 1 aliphatic rings. The normalized spacial score (nSPS) is 17.3. The molecule has 0 amide bonds. The zero-order valence-electron chi connectivity index (χ0n) is 10.8. The average molecular weight is 252 g/mol. The molecule has 0 spiro atoms. The monoisotopic (exact) mass is 252 g/mol. The Bertz CT molecular complexity index is 341. The standard InChI is InChI=1S/C13H21N3S/c1-11-10-12(2)15-13(14-11)17-9-8-16-6-4-3-5-7-16/h10H,3-9H2,1-2H3/p+1. The molecule has 94 valence electrons. The van der Waals surface area contributed by atoms with Crippen LogP contribution in [-0.2, 0) is 0 Å². The van der Waals surface area contributed by atoms with Crippen molar-refractivity contribution in [2.24, 2.45) is 0 Å². The van der Waals surface area contributed by atoms with Gasteiger partial charge in [-0.2, -0.15) is 0 Å². The Morgan fingerprint density at radius 2 is 1.76 bits per heavy atom. The van der Waals surface area contributed by atoms with Crippen molar-refractivity contribution in [1.29, 1.82) is 0 Å². The van der Waals surface area contributed by atoms with Crippen LogP contribution < -0.4 is 4.90 Å². The molecule has 0 aliphatic carbocycles. The van der Waals surface area contributed by atoms with Gasteiger partial charge >= 0.3 is 0 Å². The maximum Gasteiger partial charge on any atom is 0.188 e. The number of aryl methyl sites for hydroxylation is 2.